The first-order chi connectivity index (χ1) is 8.68. The van der Waals surface area contributed by atoms with E-state index in [0.717, 1.165) is 51.9 Å². The first kappa shape index (κ1) is 13.8. The van der Waals surface area contributed by atoms with Crippen LogP contribution in [-0.2, 0) is 9.53 Å². The molecule has 0 bridgehead atoms. The molecule has 104 valence electrons. The largest absolute Gasteiger partial charge is 0.378 e. The molecule has 2 saturated heterocycles. The molecule has 1 unspecified atom stereocenters. The van der Waals surface area contributed by atoms with Crippen LogP contribution in [-0.4, -0.2) is 38.3 Å². The summed E-state index contributed by atoms with van der Waals surface area (Å²) >= 11 is 0. The fraction of sp³-hybridized carbons (Fsp3) is 0.929. The lowest BCUT2D eigenvalue weighted by Crippen LogP contribution is -2.43. The van der Waals surface area contributed by atoms with Crippen LogP contribution >= 0.6 is 0 Å². The van der Waals surface area contributed by atoms with Crippen LogP contribution in [0.4, 0.5) is 0 Å². The Balaban J connectivity index is 1.67. The van der Waals surface area contributed by atoms with Crippen molar-refractivity contribution in [2.45, 2.75) is 51.6 Å². The monoisotopic (exact) mass is 254 g/mol. The average Bonchev–Trinajstić information content (AvgIpc) is 2.39. The lowest BCUT2D eigenvalue weighted by atomic mass is 9.81. The normalized spacial score (nSPS) is 27.7. The van der Waals surface area contributed by atoms with Crippen molar-refractivity contribution in [2.24, 2.45) is 5.41 Å². The smallest absolute Gasteiger partial charge is 0.222 e. The third kappa shape index (κ3) is 4.25. The molecule has 0 aromatic rings. The number of nitrogens with one attached hydrogen (secondary N) is 2. The summed E-state index contributed by atoms with van der Waals surface area (Å²) in [6.45, 7) is 6.03. The Morgan fingerprint density at radius 1 is 1.39 bits per heavy atom. The van der Waals surface area contributed by atoms with Crippen LogP contribution in [0.25, 0.3) is 0 Å². The van der Waals surface area contributed by atoms with Crippen LogP contribution in [0.5, 0.6) is 0 Å². The van der Waals surface area contributed by atoms with Gasteiger partial charge >= 0.3 is 0 Å². The summed E-state index contributed by atoms with van der Waals surface area (Å²) in [5, 5.41) is 6.45. The Morgan fingerprint density at radius 2 is 2.17 bits per heavy atom. The predicted octanol–water partition coefficient (Wildman–Crippen LogP) is 1.45. The molecule has 0 spiro atoms. The fourth-order valence-electron chi connectivity index (χ4n) is 2.77. The van der Waals surface area contributed by atoms with Gasteiger partial charge in [0.15, 0.2) is 0 Å². The molecule has 0 aliphatic carbocycles. The maximum atomic E-state index is 11.9. The molecule has 0 aromatic heterocycles. The van der Waals surface area contributed by atoms with E-state index in [0.29, 0.717) is 6.42 Å². The first-order valence-corrected chi connectivity index (χ1v) is 7.27. The number of ether oxygens (including phenoxy) is 1. The fourth-order valence-corrected chi connectivity index (χ4v) is 2.77. The molecular formula is C14H26N2O2. The molecule has 2 aliphatic heterocycles. The summed E-state index contributed by atoms with van der Waals surface area (Å²) in [7, 11) is 0. The van der Waals surface area contributed by atoms with Crippen LogP contribution in [0.3, 0.4) is 0 Å². The molecule has 2 fully saturated rings. The Kier molecular flexibility index (Phi) is 5.01. The first-order valence-electron chi connectivity index (χ1n) is 7.27. The standard InChI is InChI=1S/C14H26N2O2/c1-14(5-7-15-8-6-14)11-16-13(17)10-12-4-2-3-9-18-12/h12,15H,2-11H2,1H3,(H,16,17). The number of carbonyl (C=O) groups excluding carboxylic acids is 1. The van der Waals surface area contributed by atoms with Crippen molar-refractivity contribution in [1.29, 1.82) is 0 Å². The molecule has 4 nitrogen and oxygen atoms in total. The van der Waals surface area contributed by atoms with Gasteiger partial charge < -0.3 is 15.4 Å². The molecule has 1 atom stereocenters. The van der Waals surface area contributed by atoms with Crippen LogP contribution in [0.2, 0.25) is 0 Å². The summed E-state index contributed by atoms with van der Waals surface area (Å²) in [6.07, 6.45) is 6.35. The van der Waals surface area contributed by atoms with Crippen molar-refractivity contribution in [3.8, 4) is 0 Å². The minimum atomic E-state index is 0.152. The van der Waals surface area contributed by atoms with Crippen LogP contribution in [0.1, 0.15) is 45.4 Å². The topological polar surface area (TPSA) is 50.4 Å². The zero-order valence-corrected chi connectivity index (χ0v) is 11.5. The minimum absolute atomic E-state index is 0.152. The molecule has 2 heterocycles. The van der Waals surface area contributed by atoms with Crippen molar-refractivity contribution >= 4 is 5.91 Å². The summed E-state index contributed by atoms with van der Waals surface area (Å²) in [5.41, 5.74) is 0.272. The van der Waals surface area contributed by atoms with Gasteiger partial charge in [0.1, 0.15) is 0 Å². The van der Waals surface area contributed by atoms with Crippen LogP contribution < -0.4 is 10.6 Å². The van der Waals surface area contributed by atoms with Gasteiger partial charge in [-0.05, 0) is 50.6 Å². The van der Waals surface area contributed by atoms with Crippen molar-refractivity contribution in [2.75, 3.05) is 26.2 Å². The zero-order valence-electron chi connectivity index (χ0n) is 11.5. The van der Waals surface area contributed by atoms with Gasteiger partial charge in [-0.1, -0.05) is 6.92 Å². The second-order valence-corrected chi connectivity index (χ2v) is 6.03. The Labute approximate surface area is 110 Å². The zero-order chi connectivity index (χ0) is 12.8. The summed E-state index contributed by atoms with van der Waals surface area (Å²) < 4.78 is 5.59. The highest BCUT2D eigenvalue weighted by Gasteiger charge is 2.27. The van der Waals surface area contributed by atoms with Crippen molar-refractivity contribution in [3.05, 3.63) is 0 Å². The highest BCUT2D eigenvalue weighted by Crippen LogP contribution is 2.26. The number of hydrogen-bond acceptors (Lipinski definition) is 3. The van der Waals surface area contributed by atoms with Crippen molar-refractivity contribution in [1.82, 2.24) is 10.6 Å². The number of hydrogen-bond donors (Lipinski definition) is 2. The van der Waals surface area contributed by atoms with Crippen LogP contribution in [0, 0.1) is 5.41 Å². The third-order valence-electron chi connectivity index (χ3n) is 4.21. The number of amides is 1. The molecule has 2 N–H and O–H groups in total. The SMILES string of the molecule is CC1(CNC(=O)CC2CCCCO2)CCNCC1. The Morgan fingerprint density at radius 3 is 2.83 bits per heavy atom. The van der Waals surface area contributed by atoms with Gasteiger partial charge in [0, 0.05) is 13.2 Å². The quantitative estimate of drug-likeness (QED) is 0.798. The Bertz CT molecular complexity index is 269. The number of carbonyl (C=O) groups is 1. The predicted molar refractivity (Wildman–Crippen MR) is 71.4 cm³/mol. The van der Waals surface area contributed by atoms with E-state index >= 15 is 0 Å². The van der Waals surface area contributed by atoms with E-state index in [1.807, 2.05) is 0 Å². The molecule has 2 aliphatic rings. The molecule has 1 amide bonds. The van der Waals surface area contributed by atoms with Gasteiger partial charge in [-0.2, -0.15) is 0 Å². The lowest BCUT2D eigenvalue weighted by Gasteiger charge is -2.34. The highest BCUT2D eigenvalue weighted by molar-refractivity contribution is 5.76. The molecule has 4 heteroatoms. The van der Waals surface area contributed by atoms with E-state index in [4.69, 9.17) is 4.74 Å². The average molecular weight is 254 g/mol. The van der Waals surface area contributed by atoms with Gasteiger partial charge in [-0.15, -0.1) is 0 Å². The maximum absolute atomic E-state index is 11.9. The second-order valence-electron chi connectivity index (χ2n) is 6.03. The summed E-state index contributed by atoms with van der Waals surface area (Å²) in [5.74, 6) is 0.154. The van der Waals surface area contributed by atoms with Gasteiger partial charge in [-0.25, -0.2) is 0 Å². The molecule has 2 rings (SSSR count). The van der Waals surface area contributed by atoms with Gasteiger partial charge in [0.25, 0.3) is 0 Å². The third-order valence-corrected chi connectivity index (χ3v) is 4.21. The van der Waals surface area contributed by atoms with Gasteiger partial charge in [-0.3, -0.25) is 4.79 Å². The number of piperidine rings is 1. The van der Waals surface area contributed by atoms with Crippen molar-refractivity contribution in [3.63, 3.8) is 0 Å². The van der Waals surface area contributed by atoms with Gasteiger partial charge in [0.2, 0.25) is 5.91 Å². The summed E-state index contributed by atoms with van der Waals surface area (Å²) in [6, 6.07) is 0. The van der Waals surface area contributed by atoms with Crippen LogP contribution in [0.15, 0.2) is 0 Å². The van der Waals surface area contributed by atoms with Gasteiger partial charge in [0.05, 0.1) is 12.5 Å². The van der Waals surface area contributed by atoms with E-state index in [1.54, 1.807) is 0 Å². The maximum Gasteiger partial charge on any atom is 0.222 e. The second kappa shape index (κ2) is 6.53. The van der Waals surface area contributed by atoms with E-state index in [2.05, 4.69) is 17.6 Å². The minimum Gasteiger partial charge on any atom is -0.378 e. The van der Waals surface area contributed by atoms with E-state index in [1.165, 1.54) is 6.42 Å². The van der Waals surface area contributed by atoms with E-state index in [9.17, 15) is 4.79 Å². The molecule has 0 saturated carbocycles. The van der Waals surface area contributed by atoms with E-state index in [-0.39, 0.29) is 17.4 Å². The summed E-state index contributed by atoms with van der Waals surface area (Å²) in [4.78, 5) is 11.9. The highest BCUT2D eigenvalue weighted by atomic mass is 16.5. The molecular weight excluding hydrogens is 228 g/mol. The molecule has 0 radical (unpaired) electrons. The number of rotatable bonds is 4. The van der Waals surface area contributed by atoms with Crippen molar-refractivity contribution < 1.29 is 9.53 Å². The molecule has 18 heavy (non-hydrogen) atoms. The van der Waals surface area contributed by atoms with E-state index < -0.39 is 0 Å². The lowest BCUT2D eigenvalue weighted by molar-refractivity contribution is -0.125. The Hall–Kier alpha value is -0.610. The molecule has 0 aromatic carbocycles.